The number of nitrogens with one attached hydrogen (secondary N) is 2. The number of carbonyl (C=O) groups is 1. The van der Waals surface area contributed by atoms with Crippen LogP contribution >= 0.6 is 11.8 Å². The highest BCUT2D eigenvalue weighted by Crippen LogP contribution is 2.20. The maximum atomic E-state index is 12.1. The second-order valence-corrected chi connectivity index (χ2v) is 5.03. The van der Waals surface area contributed by atoms with E-state index >= 15 is 0 Å². The molecule has 0 aliphatic heterocycles. The van der Waals surface area contributed by atoms with Crippen molar-refractivity contribution in [2.45, 2.75) is 18.6 Å². The fourth-order valence-corrected chi connectivity index (χ4v) is 2.17. The second kappa shape index (κ2) is 7.17. The third-order valence-electron chi connectivity index (χ3n) is 2.84. The van der Waals surface area contributed by atoms with Crippen LogP contribution < -0.4 is 10.6 Å². The summed E-state index contributed by atoms with van der Waals surface area (Å²) in [5.41, 5.74) is 1.86. The number of thioether (sulfide) groups is 1. The van der Waals surface area contributed by atoms with Gasteiger partial charge in [-0.15, -0.1) is 0 Å². The first-order valence-corrected chi connectivity index (χ1v) is 7.71. The number of amides is 1. The summed E-state index contributed by atoms with van der Waals surface area (Å²) in [6.45, 7) is 3.66. The Morgan fingerprint density at radius 2 is 2.05 bits per heavy atom. The van der Waals surface area contributed by atoms with Gasteiger partial charge in [-0.1, -0.05) is 36.9 Å². The van der Waals surface area contributed by atoms with Gasteiger partial charge in [-0.2, -0.15) is 0 Å². The Labute approximate surface area is 122 Å². The Hall–Kier alpha value is -1.72. The lowest BCUT2D eigenvalue weighted by Crippen LogP contribution is -2.16. The molecule has 1 heterocycles. The molecule has 0 saturated heterocycles. The first-order chi connectivity index (χ1) is 9.74. The van der Waals surface area contributed by atoms with Gasteiger partial charge in [0.15, 0.2) is 10.9 Å². The van der Waals surface area contributed by atoms with E-state index in [4.69, 9.17) is 4.42 Å². The molecule has 0 unspecified atom stereocenters. The number of benzene rings is 1. The number of rotatable bonds is 6. The average Bonchev–Trinajstić information content (AvgIpc) is 2.95. The van der Waals surface area contributed by atoms with Crippen LogP contribution in [0.15, 0.2) is 45.9 Å². The van der Waals surface area contributed by atoms with E-state index in [-0.39, 0.29) is 5.91 Å². The summed E-state index contributed by atoms with van der Waals surface area (Å²) in [4.78, 5) is 12.1. The fourth-order valence-electron chi connectivity index (χ4n) is 1.79. The average molecular weight is 290 g/mol. The van der Waals surface area contributed by atoms with Crippen LogP contribution in [0, 0.1) is 0 Å². The van der Waals surface area contributed by atoms with E-state index in [2.05, 4.69) is 10.6 Å². The molecule has 0 saturated carbocycles. The molecule has 20 heavy (non-hydrogen) atoms. The van der Waals surface area contributed by atoms with E-state index in [9.17, 15) is 4.79 Å². The normalized spacial score (nSPS) is 10.5. The molecule has 0 aliphatic rings. The summed E-state index contributed by atoms with van der Waals surface area (Å²) in [5.74, 6) is 0.0989. The van der Waals surface area contributed by atoms with Gasteiger partial charge in [-0.3, -0.25) is 4.79 Å². The van der Waals surface area contributed by atoms with E-state index in [1.54, 1.807) is 12.1 Å². The van der Waals surface area contributed by atoms with E-state index in [0.717, 1.165) is 29.4 Å². The number of para-hydroxylation sites is 1. The van der Waals surface area contributed by atoms with Crippen molar-refractivity contribution >= 4 is 23.4 Å². The second-order valence-electron chi connectivity index (χ2n) is 4.21. The van der Waals surface area contributed by atoms with E-state index < -0.39 is 0 Å². The Bertz CT molecular complexity index is 581. The summed E-state index contributed by atoms with van der Waals surface area (Å²) in [6.07, 6.45) is 1.91. The third-order valence-corrected chi connectivity index (χ3v) is 3.46. The lowest BCUT2D eigenvalue weighted by Gasteiger charge is -2.10. The minimum absolute atomic E-state index is 0.228. The molecule has 0 spiro atoms. The highest BCUT2D eigenvalue weighted by molar-refractivity contribution is 7.98. The van der Waals surface area contributed by atoms with Gasteiger partial charge in [0.1, 0.15) is 0 Å². The number of anilines is 1. The molecule has 106 valence electrons. The van der Waals surface area contributed by atoms with Crippen LogP contribution in [0.25, 0.3) is 0 Å². The van der Waals surface area contributed by atoms with Gasteiger partial charge in [-0.25, -0.2) is 0 Å². The zero-order chi connectivity index (χ0) is 14.4. The molecule has 2 N–H and O–H groups in total. The molecular weight excluding hydrogens is 272 g/mol. The Balaban J connectivity index is 2.10. The predicted octanol–water partition coefficient (Wildman–Crippen LogP) is 3.36. The Morgan fingerprint density at radius 3 is 2.75 bits per heavy atom. The molecule has 2 aromatic rings. The van der Waals surface area contributed by atoms with Crippen molar-refractivity contribution in [1.82, 2.24) is 5.32 Å². The highest BCUT2D eigenvalue weighted by atomic mass is 32.2. The van der Waals surface area contributed by atoms with Crippen molar-refractivity contribution in [3.8, 4) is 0 Å². The Morgan fingerprint density at radius 1 is 1.25 bits per heavy atom. The Kier molecular flexibility index (Phi) is 5.26. The van der Waals surface area contributed by atoms with Crippen LogP contribution in [0.1, 0.15) is 23.0 Å². The van der Waals surface area contributed by atoms with Crippen LogP contribution in [0.3, 0.4) is 0 Å². The van der Waals surface area contributed by atoms with Crippen molar-refractivity contribution in [3.63, 3.8) is 0 Å². The third kappa shape index (κ3) is 3.65. The van der Waals surface area contributed by atoms with Gasteiger partial charge in [-0.05, 0) is 36.6 Å². The minimum Gasteiger partial charge on any atom is -0.445 e. The molecule has 0 aliphatic carbocycles. The van der Waals surface area contributed by atoms with Crippen LogP contribution in [-0.2, 0) is 6.54 Å². The van der Waals surface area contributed by atoms with Crippen molar-refractivity contribution in [2.24, 2.45) is 0 Å². The lowest BCUT2D eigenvalue weighted by molar-refractivity contribution is 0.0992. The number of hydrogen-bond acceptors (Lipinski definition) is 4. The van der Waals surface area contributed by atoms with Crippen LogP contribution in [0.2, 0.25) is 0 Å². The van der Waals surface area contributed by atoms with Crippen molar-refractivity contribution < 1.29 is 9.21 Å². The predicted molar refractivity (Wildman–Crippen MR) is 82.3 cm³/mol. The van der Waals surface area contributed by atoms with E-state index in [0.29, 0.717) is 5.76 Å². The molecule has 4 nitrogen and oxygen atoms in total. The lowest BCUT2D eigenvalue weighted by atomic mass is 10.1. The molecule has 0 radical (unpaired) electrons. The summed E-state index contributed by atoms with van der Waals surface area (Å²) in [6, 6.07) is 11.2. The minimum atomic E-state index is -0.228. The molecule has 1 amide bonds. The van der Waals surface area contributed by atoms with Crippen LogP contribution in [0.5, 0.6) is 0 Å². The maximum Gasteiger partial charge on any atom is 0.291 e. The van der Waals surface area contributed by atoms with E-state index in [1.165, 1.54) is 11.8 Å². The number of carbonyl (C=O) groups excluding carboxylic acids is 1. The first-order valence-electron chi connectivity index (χ1n) is 6.48. The SMILES string of the molecule is CCNCc1ccccc1NC(=O)c1ccc(SC)o1. The molecule has 1 aromatic heterocycles. The molecule has 2 rings (SSSR count). The molecule has 0 bridgehead atoms. The largest absolute Gasteiger partial charge is 0.445 e. The molecule has 5 heteroatoms. The smallest absolute Gasteiger partial charge is 0.291 e. The van der Waals surface area contributed by atoms with E-state index in [1.807, 2.05) is 37.4 Å². The van der Waals surface area contributed by atoms with Crippen molar-refractivity contribution in [3.05, 3.63) is 47.7 Å². The van der Waals surface area contributed by atoms with Crippen molar-refractivity contribution in [1.29, 1.82) is 0 Å². The highest BCUT2D eigenvalue weighted by Gasteiger charge is 2.12. The topological polar surface area (TPSA) is 54.3 Å². The van der Waals surface area contributed by atoms with Gasteiger partial charge in [0.2, 0.25) is 0 Å². The van der Waals surface area contributed by atoms with Crippen molar-refractivity contribution in [2.75, 3.05) is 18.1 Å². The summed E-state index contributed by atoms with van der Waals surface area (Å²) in [7, 11) is 0. The fraction of sp³-hybridized carbons (Fsp3) is 0.267. The van der Waals surface area contributed by atoms with Gasteiger partial charge >= 0.3 is 0 Å². The van der Waals surface area contributed by atoms with Gasteiger partial charge in [0.05, 0.1) is 0 Å². The molecule has 1 aromatic carbocycles. The van der Waals surface area contributed by atoms with Crippen LogP contribution in [-0.4, -0.2) is 18.7 Å². The maximum absolute atomic E-state index is 12.1. The summed E-state index contributed by atoms with van der Waals surface area (Å²) < 4.78 is 5.42. The zero-order valence-electron chi connectivity index (χ0n) is 11.6. The quantitative estimate of drug-likeness (QED) is 0.801. The summed E-state index contributed by atoms with van der Waals surface area (Å²) >= 11 is 1.47. The molecule has 0 atom stereocenters. The van der Waals surface area contributed by atoms with Gasteiger partial charge in [0.25, 0.3) is 5.91 Å². The van der Waals surface area contributed by atoms with Gasteiger partial charge in [0, 0.05) is 12.2 Å². The molecule has 0 fully saturated rings. The standard InChI is InChI=1S/C15H18N2O2S/c1-3-16-10-11-6-4-5-7-12(11)17-15(18)13-8-9-14(19-13)20-2/h4-9,16H,3,10H2,1-2H3,(H,17,18). The zero-order valence-corrected chi connectivity index (χ0v) is 12.4. The summed E-state index contributed by atoms with van der Waals surface area (Å²) in [5, 5.41) is 6.88. The number of furan rings is 1. The van der Waals surface area contributed by atoms with Gasteiger partial charge < -0.3 is 15.1 Å². The molecular formula is C15H18N2O2S. The monoisotopic (exact) mass is 290 g/mol. The number of hydrogen-bond donors (Lipinski definition) is 2. The first kappa shape index (κ1) is 14.7. The van der Waals surface area contributed by atoms with Crippen LogP contribution in [0.4, 0.5) is 5.69 Å².